The van der Waals surface area contributed by atoms with E-state index in [0.717, 1.165) is 41.3 Å². The number of thiocarbonyl (C=S) groups is 1. The molecule has 0 aliphatic heterocycles. The fourth-order valence-electron chi connectivity index (χ4n) is 3.77. The Balaban J connectivity index is 1.57. The molecule has 2 heterocycles. The number of hydrogen-bond donors (Lipinski definition) is 2. The van der Waals surface area contributed by atoms with Gasteiger partial charge in [0, 0.05) is 40.0 Å². The quantitative estimate of drug-likeness (QED) is 0.330. The molecule has 2 aromatic heterocycles. The lowest BCUT2D eigenvalue weighted by Crippen LogP contribution is -2.36. The van der Waals surface area contributed by atoms with Crippen molar-refractivity contribution < 1.29 is 4.74 Å². The van der Waals surface area contributed by atoms with E-state index >= 15 is 0 Å². The van der Waals surface area contributed by atoms with Gasteiger partial charge in [0.05, 0.1) is 19.3 Å². The molecule has 0 spiro atoms. The Kier molecular flexibility index (Phi) is 6.93. The molecule has 32 heavy (non-hydrogen) atoms. The number of aromatic amines is 1. The maximum absolute atomic E-state index is 6.14. The molecule has 0 saturated carbocycles. The van der Waals surface area contributed by atoms with E-state index in [0.29, 0.717) is 16.7 Å². The number of ether oxygens (including phenoxy) is 1. The van der Waals surface area contributed by atoms with Crippen LogP contribution in [0.1, 0.15) is 17.0 Å². The van der Waals surface area contributed by atoms with Crippen molar-refractivity contribution in [3.8, 4) is 5.75 Å². The van der Waals surface area contributed by atoms with Crippen LogP contribution in [0.4, 0.5) is 5.69 Å². The standard InChI is InChI=1S/C25H25ClN4OS/c1-17-22(23-15-21(31-2)9-10-24(23)28-17)11-13-30(16-20-7-3-4-12-27-20)25(32)29-19-8-5-6-18(26)14-19/h3-10,12,14-15,28H,11,13,16H2,1-2H3,(H,29,32). The molecule has 2 N–H and O–H groups in total. The maximum atomic E-state index is 6.14. The SMILES string of the molecule is COc1ccc2[nH]c(C)c(CCN(Cc3ccccn3)C(=S)Nc3cccc(Cl)c3)c2c1. The number of rotatable bonds is 7. The minimum atomic E-state index is 0.609. The third-order valence-corrected chi connectivity index (χ3v) is 6.00. The van der Waals surface area contributed by atoms with Crippen molar-refractivity contribution in [2.75, 3.05) is 19.0 Å². The summed E-state index contributed by atoms with van der Waals surface area (Å²) in [5, 5.41) is 5.79. The first-order valence-corrected chi connectivity index (χ1v) is 11.2. The van der Waals surface area contributed by atoms with Gasteiger partial charge >= 0.3 is 0 Å². The van der Waals surface area contributed by atoms with Crippen LogP contribution in [0, 0.1) is 6.92 Å². The molecule has 0 saturated heterocycles. The fraction of sp³-hybridized carbons (Fsp3) is 0.200. The fourth-order valence-corrected chi connectivity index (χ4v) is 4.23. The smallest absolute Gasteiger partial charge is 0.173 e. The largest absolute Gasteiger partial charge is 0.497 e. The summed E-state index contributed by atoms with van der Waals surface area (Å²) in [4.78, 5) is 10.1. The lowest BCUT2D eigenvalue weighted by atomic mass is 10.1. The highest BCUT2D eigenvalue weighted by Gasteiger charge is 2.15. The maximum Gasteiger partial charge on any atom is 0.173 e. The van der Waals surface area contributed by atoms with Crippen molar-refractivity contribution in [2.24, 2.45) is 0 Å². The molecule has 4 rings (SSSR count). The summed E-state index contributed by atoms with van der Waals surface area (Å²) >= 11 is 11.9. The Morgan fingerprint density at radius 3 is 2.78 bits per heavy atom. The van der Waals surface area contributed by atoms with Gasteiger partial charge in [-0.1, -0.05) is 23.7 Å². The average Bonchev–Trinajstić information content (AvgIpc) is 3.11. The number of aromatic nitrogens is 2. The Morgan fingerprint density at radius 2 is 2.03 bits per heavy atom. The predicted molar refractivity (Wildman–Crippen MR) is 136 cm³/mol. The molecule has 5 nitrogen and oxygen atoms in total. The van der Waals surface area contributed by atoms with Gasteiger partial charge in [0.25, 0.3) is 0 Å². The van der Waals surface area contributed by atoms with Gasteiger partial charge in [-0.25, -0.2) is 0 Å². The Morgan fingerprint density at radius 1 is 1.16 bits per heavy atom. The molecule has 0 atom stereocenters. The molecule has 0 unspecified atom stereocenters. The number of aryl methyl sites for hydroxylation is 1. The van der Waals surface area contributed by atoms with Crippen molar-refractivity contribution in [3.05, 3.63) is 88.8 Å². The summed E-state index contributed by atoms with van der Waals surface area (Å²) in [6, 6.07) is 19.6. The van der Waals surface area contributed by atoms with Crippen molar-refractivity contribution in [3.63, 3.8) is 0 Å². The highest BCUT2D eigenvalue weighted by atomic mass is 35.5. The van der Waals surface area contributed by atoms with E-state index < -0.39 is 0 Å². The molecule has 0 aliphatic rings. The first-order chi connectivity index (χ1) is 15.5. The lowest BCUT2D eigenvalue weighted by Gasteiger charge is -2.26. The molecule has 0 amide bonds. The molecular formula is C25H25ClN4OS. The van der Waals surface area contributed by atoms with E-state index in [4.69, 9.17) is 28.6 Å². The number of hydrogen-bond acceptors (Lipinski definition) is 3. The third-order valence-electron chi connectivity index (χ3n) is 5.40. The van der Waals surface area contributed by atoms with Crippen LogP contribution in [-0.4, -0.2) is 33.6 Å². The third kappa shape index (κ3) is 5.21. The van der Waals surface area contributed by atoms with E-state index in [1.165, 1.54) is 10.9 Å². The van der Waals surface area contributed by atoms with Crippen LogP contribution in [0.15, 0.2) is 66.9 Å². The van der Waals surface area contributed by atoms with Gasteiger partial charge in [0.2, 0.25) is 0 Å². The topological polar surface area (TPSA) is 53.2 Å². The number of nitrogens with zero attached hydrogens (tertiary/aromatic N) is 2. The van der Waals surface area contributed by atoms with Gasteiger partial charge in [0.15, 0.2) is 5.11 Å². The van der Waals surface area contributed by atoms with Gasteiger partial charge in [0.1, 0.15) is 5.75 Å². The predicted octanol–water partition coefficient (Wildman–Crippen LogP) is 5.98. The summed E-state index contributed by atoms with van der Waals surface area (Å²) in [5.74, 6) is 0.848. The molecule has 0 aliphatic carbocycles. The Bertz CT molecular complexity index is 1230. The number of methoxy groups -OCH3 is 1. The van der Waals surface area contributed by atoms with Crippen LogP contribution in [0.2, 0.25) is 5.02 Å². The molecule has 0 fully saturated rings. The zero-order valence-electron chi connectivity index (χ0n) is 18.1. The van der Waals surface area contributed by atoms with Crippen LogP contribution in [-0.2, 0) is 13.0 Å². The number of pyridine rings is 1. The normalized spacial score (nSPS) is 10.8. The van der Waals surface area contributed by atoms with Crippen molar-refractivity contribution >= 4 is 45.5 Å². The van der Waals surface area contributed by atoms with Crippen LogP contribution in [0.5, 0.6) is 5.75 Å². The van der Waals surface area contributed by atoms with E-state index in [9.17, 15) is 0 Å². The summed E-state index contributed by atoms with van der Waals surface area (Å²) in [6.45, 7) is 3.44. The zero-order valence-corrected chi connectivity index (χ0v) is 19.6. The number of nitrogens with one attached hydrogen (secondary N) is 2. The van der Waals surface area contributed by atoms with Crippen LogP contribution >= 0.6 is 23.8 Å². The highest BCUT2D eigenvalue weighted by Crippen LogP contribution is 2.27. The molecule has 164 valence electrons. The number of benzene rings is 2. The second-order valence-electron chi connectivity index (χ2n) is 7.57. The summed E-state index contributed by atoms with van der Waals surface area (Å²) in [5.41, 5.74) is 5.34. The van der Waals surface area contributed by atoms with E-state index in [-0.39, 0.29) is 0 Å². The number of fused-ring (bicyclic) bond motifs is 1. The lowest BCUT2D eigenvalue weighted by molar-refractivity contribution is 0.415. The summed E-state index contributed by atoms with van der Waals surface area (Å²) in [6.07, 6.45) is 2.63. The molecule has 0 radical (unpaired) electrons. The summed E-state index contributed by atoms with van der Waals surface area (Å²) in [7, 11) is 1.69. The average molecular weight is 465 g/mol. The molecule has 4 aromatic rings. The first kappa shape index (κ1) is 22.1. The number of anilines is 1. The Hall–Kier alpha value is -3.09. The van der Waals surface area contributed by atoms with Gasteiger partial charge < -0.3 is 19.9 Å². The van der Waals surface area contributed by atoms with Gasteiger partial charge in [-0.3, -0.25) is 4.98 Å². The van der Waals surface area contributed by atoms with Gasteiger partial charge in [-0.2, -0.15) is 0 Å². The minimum Gasteiger partial charge on any atom is -0.497 e. The van der Waals surface area contributed by atoms with E-state index in [1.54, 1.807) is 13.3 Å². The molecular weight excluding hydrogens is 440 g/mol. The minimum absolute atomic E-state index is 0.609. The first-order valence-electron chi connectivity index (χ1n) is 10.4. The number of halogens is 1. The van der Waals surface area contributed by atoms with Crippen molar-refractivity contribution in [1.29, 1.82) is 0 Å². The van der Waals surface area contributed by atoms with Crippen molar-refractivity contribution in [1.82, 2.24) is 14.9 Å². The zero-order chi connectivity index (χ0) is 22.5. The van der Waals surface area contributed by atoms with E-state index in [1.807, 2.05) is 48.5 Å². The highest BCUT2D eigenvalue weighted by molar-refractivity contribution is 7.80. The molecule has 2 aromatic carbocycles. The van der Waals surface area contributed by atoms with E-state index in [2.05, 4.69) is 39.2 Å². The second-order valence-corrected chi connectivity index (χ2v) is 8.40. The number of H-pyrrole nitrogens is 1. The van der Waals surface area contributed by atoms with Gasteiger partial charge in [-0.05, 0) is 79.7 Å². The molecule has 7 heteroatoms. The van der Waals surface area contributed by atoms with Crippen LogP contribution < -0.4 is 10.1 Å². The monoisotopic (exact) mass is 464 g/mol. The van der Waals surface area contributed by atoms with Crippen LogP contribution in [0.3, 0.4) is 0 Å². The molecule has 0 bridgehead atoms. The second kappa shape index (κ2) is 10.0. The Labute approximate surface area is 198 Å². The summed E-state index contributed by atoms with van der Waals surface area (Å²) < 4.78 is 5.43. The van der Waals surface area contributed by atoms with Crippen LogP contribution in [0.25, 0.3) is 10.9 Å². The van der Waals surface area contributed by atoms with Crippen molar-refractivity contribution in [2.45, 2.75) is 19.9 Å². The van der Waals surface area contributed by atoms with Gasteiger partial charge in [-0.15, -0.1) is 0 Å².